The molecule has 0 aromatic carbocycles. The van der Waals surface area contributed by atoms with E-state index in [1.807, 2.05) is 0 Å². The average molecular weight is 198 g/mol. The van der Waals surface area contributed by atoms with Gasteiger partial charge in [0.2, 0.25) is 5.13 Å². The summed E-state index contributed by atoms with van der Waals surface area (Å²) in [5, 5.41) is 8.92. The van der Waals surface area contributed by atoms with Gasteiger partial charge < -0.3 is 10.6 Å². The highest BCUT2D eigenvalue weighted by Crippen LogP contribution is 2.22. The molecule has 1 aromatic heterocycles. The zero-order valence-corrected chi connectivity index (χ0v) is 8.50. The van der Waals surface area contributed by atoms with E-state index in [1.54, 1.807) is 16.8 Å². The van der Waals surface area contributed by atoms with Crippen LogP contribution in [0.2, 0.25) is 0 Å². The van der Waals surface area contributed by atoms with Crippen LogP contribution < -0.4 is 10.6 Å². The molecule has 0 spiro atoms. The Morgan fingerprint density at radius 2 is 2.54 bits per heavy atom. The van der Waals surface area contributed by atoms with Crippen molar-refractivity contribution in [3.8, 4) is 0 Å². The van der Waals surface area contributed by atoms with Gasteiger partial charge in [-0.25, -0.2) is 0 Å². The van der Waals surface area contributed by atoms with Crippen molar-refractivity contribution >= 4 is 16.5 Å². The van der Waals surface area contributed by atoms with Gasteiger partial charge in [-0.15, -0.1) is 10.2 Å². The van der Waals surface area contributed by atoms with Crippen LogP contribution in [0.5, 0.6) is 0 Å². The van der Waals surface area contributed by atoms with E-state index >= 15 is 0 Å². The molecule has 13 heavy (non-hydrogen) atoms. The summed E-state index contributed by atoms with van der Waals surface area (Å²) in [4.78, 5) is 2.27. The number of rotatable bonds is 1. The molecule has 2 unspecified atom stereocenters. The van der Waals surface area contributed by atoms with Gasteiger partial charge in [0.1, 0.15) is 5.51 Å². The molecule has 4 nitrogen and oxygen atoms in total. The Morgan fingerprint density at radius 1 is 1.69 bits per heavy atom. The first-order valence-corrected chi connectivity index (χ1v) is 5.42. The zero-order chi connectivity index (χ0) is 9.26. The summed E-state index contributed by atoms with van der Waals surface area (Å²) in [5.74, 6) is 0.553. The first kappa shape index (κ1) is 8.90. The molecule has 1 saturated heterocycles. The van der Waals surface area contributed by atoms with Gasteiger partial charge in [0, 0.05) is 19.1 Å². The van der Waals surface area contributed by atoms with E-state index in [2.05, 4.69) is 22.0 Å². The fourth-order valence-electron chi connectivity index (χ4n) is 1.64. The van der Waals surface area contributed by atoms with Gasteiger partial charge in [0.15, 0.2) is 0 Å². The lowest BCUT2D eigenvalue weighted by Gasteiger charge is -2.34. The SMILES string of the molecule is CC1CN(c2nncs2)CCC1N. The molecule has 2 N–H and O–H groups in total. The molecule has 0 bridgehead atoms. The molecule has 5 heteroatoms. The highest BCUT2D eigenvalue weighted by molar-refractivity contribution is 7.13. The Hall–Kier alpha value is -0.680. The topological polar surface area (TPSA) is 55.0 Å². The maximum absolute atomic E-state index is 5.93. The van der Waals surface area contributed by atoms with E-state index in [-0.39, 0.29) is 0 Å². The fourth-order valence-corrected chi connectivity index (χ4v) is 2.24. The molecule has 0 radical (unpaired) electrons. The molecule has 0 saturated carbocycles. The van der Waals surface area contributed by atoms with Gasteiger partial charge in [-0.2, -0.15) is 0 Å². The normalized spacial score (nSPS) is 29.2. The first-order chi connectivity index (χ1) is 6.27. The van der Waals surface area contributed by atoms with Gasteiger partial charge in [-0.05, 0) is 12.3 Å². The Kier molecular flexibility index (Phi) is 2.46. The van der Waals surface area contributed by atoms with Crippen molar-refractivity contribution < 1.29 is 0 Å². The van der Waals surface area contributed by atoms with Crippen LogP contribution in [0, 0.1) is 5.92 Å². The first-order valence-electron chi connectivity index (χ1n) is 4.54. The number of hydrogen-bond donors (Lipinski definition) is 1. The third-order valence-corrected chi connectivity index (χ3v) is 3.34. The van der Waals surface area contributed by atoms with Crippen LogP contribution in [0.1, 0.15) is 13.3 Å². The molecule has 72 valence electrons. The van der Waals surface area contributed by atoms with Crippen molar-refractivity contribution in [2.45, 2.75) is 19.4 Å². The van der Waals surface area contributed by atoms with E-state index in [0.29, 0.717) is 12.0 Å². The van der Waals surface area contributed by atoms with Crippen molar-refractivity contribution in [1.29, 1.82) is 0 Å². The highest BCUT2D eigenvalue weighted by atomic mass is 32.1. The highest BCUT2D eigenvalue weighted by Gasteiger charge is 2.24. The van der Waals surface area contributed by atoms with Crippen molar-refractivity contribution in [2.75, 3.05) is 18.0 Å². The number of piperidine rings is 1. The molecule has 1 aromatic rings. The second kappa shape index (κ2) is 3.59. The van der Waals surface area contributed by atoms with Crippen molar-refractivity contribution in [1.82, 2.24) is 10.2 Å². The Morgan fingerprint density at radius 3 is 3.15 bits per heavy atom. The molecule has 0 amide bonds. The third-order valence-electron chi connectivity index (χ3n) is 2.59. The lowest BCUT2D eigenvalue weighted by molar-refractivity contribution is 0.382. The van der Waals surface area contributed by atoms with Crippen LogP contribution in [0.15, 0.2) is 5.51 Å². The van der Waals surface area contributed by atoms with E-state index in [4.69, 9.17) is 5.73 Å². The summed E-state index contributed by atoms with van der Waals surface area (Å²) >= 11 is 1.60. The molecule has 1 aliphatic heterocycles. The second-order valence-electron chi connectivity index (χ2n) is 3.60. The number of nitrogens with zero attached hydrogens (tertiary/aromatic N) is 3. The Bertz CT molecular complexity index is 261. The monoisotopic (exact) mass is 198 g/mol. The van der Waals surface area contributed by atoms with E-state index < -0.39 is 0 Å². The number of anilines is 1. The summed E-state index contributed by atoms with van der Waals surface area (Å²) in [7, 11) is 0. The maximum Gasteiger partial charge on any atom is 0.208 e. The molecule has 2 heterocycles. The lowest BCUT2D eigenvalue weighted by atomic mass is 9.95. The van der Waals surface area contributed by atoms with Gasteiger partial charge in [0.05, 0.1) is 0 Å². The van der Waals surface area contributed by atoms with Gasteiger partial charge in [0.25, 0.3) is 0 Å². The van der Waals surface area contributed by atoms with Crippen molar-refractivity contribution in [2.24, 2.45) is 11.7 Å². The van der Waals surface area contributed by atoms with E-state index in [9.17, 15) is 0 Å². The quantitative estimate of drug-likeness (QED) is 0.722. The summed E-state index contributed by atoms with van der Waals surface area (Å²) in [6.07, 6.45) is 1.06. The van der Waals surface area contributed by atoms with Crippen LogP contribution in [0.3, 0.4) is 0 Å². The zero-order valence-electron chi connectivity index (χ0n) is 7.68. The fraction of sp³-hybridized carbons (Fsp3) is 0.750. The molecule has 1 fully saturated rings. The minimum absolute atomic E-state index is 0.351. The van der Waals surface area contributed by atoms with Gasteiger partial charge in [-0.3, -0.25) is 0 Å². The largest absolute Gasteiger partial charge is 0.346 e. The van der Waals surface area contributed by atoms with Crippen LogP contribution in [-0.4, -0.2) is 29.3 Å². The smallest absolute Gasteiger partial charge is 0.208 e. The van der Waals surface area contributed by atoms with Crippen molar-refractivity contribution in [3.05, 3.63) is 5.51 Å². The summed E-state index contributed by atoms with van der Waals surface area (Å²) in [6, 6.07) is 0.351. The number of aromatic nitrogens is 2. The average Bonchev–Trinajstić information content (AvgIpc) is 2.62. The van der Waals surface area contributed by atoms with Crippen molar-refractivity contribution in [3.63, 3.8) is 0 Å². The summed E-state index contributed by atoms with van der Waals surface area (Å²) in [5.41, 5.74) is 7.71. The molecule has 2 atom stereocenters. The van der Waals surface area contributed by atoms with Crippen LogP contribution in [-0.2, 0) is 0 Å². The standard InChI is InChI=1S/C8H14N4S/c1-6-4-12(3-2-7(6)9)8-11-10-5-13-8/h5-7H,2-4,9H2,1H3. The van der Waals surface area contributed by atoms with Crippen LogP contribution in [0.4, 0.5) is 5.13 Å². The minimum atomic E-state index is 0.351. The second-order valence-corrected chi connectivity index (χ2v) is 4.41. The number of nitrogens with two attached hydrogens (primary N) is 1. The van der Waals surface area contributed by atoms with Crippen LogP contribution >= 0.6 is 11.3 Å². The summed E-state index contributed by atoms with van der Waals surface area (Å²) < 4.78 is 0. The molecule has 0 aliphatic carbocycles. The lowest BCUT2D eigenvalue weighted by Crippen LogP contribution is -2.45. The summed E-state index contributed by atoms with van der Waals surface area (Å²) in [6.45, 7) is 4.22. The predicted octanol–water partition coefficient (Wildman–Crippen LogP) is 0.712. The third kappa shape index (κ3) is 1.81. The maximum atomic E-state index is 5.93. The molecule has 1 aliphatic rings. The minimum Gasteiger partial charge on any atom is -0.346 e. The Balaban J connectivity index is 2.03. The predicted molar refractivity (Wildman–Crippen MR) is 53.9 cm³/mol. The molecule has 2 rings (SSSR count). The molecular formula is C8H14N4S. The number of hydrogen-bond acceptors (Lipinski definition) is 5. The molecular weight excluding hydrogens is 184 g/mol. The van der Waals surface area contributed by atoms with E-state index in [1.165, 1.54) is 0 Å². The van der Waals surface area contributed by atoms with Crippen LogP contribution in [0.25, 0.3) is 0 Å². The van der Waals surface area contributed by atoms with Gasteiger partial charge in [-0.1, -0.05) is 18.3 Å². The van der Waals surface area contributed by atoms with E-state index in [0.717, 1.165) is 24.6 Å². The van der Waals surface area contributed by atoms with Gasteiger partial charge >= 0.3 is 0 Å². The Labute approximate surface area is 81.8 Å².